The van der Waals surface area contributed by atoms with Crippen molar-refractivity contribution in [3.8, 4) is 0 Å². The van der Waals surface area contributed by atoms with Gasteiger partial charge in [0.1, 0.15) is 5.94 Å². The Morgan fingerprint density at radius 2 is 2.50 bits per heavy atom. The van der Waals surface area contributed by atoms with Crippen LogP contribution in [0.5, 0.6) is 0 Å². The molecule has 0 aromatic rings. The topological polar surface area (TPSA) is 17.1 Å². The van der Waals surface area contributed by atoms with Gasteiger partial charge in [-0.1, -0.05) is 21.6 Å². The predicted molar refractivity (Wildman–Crippen MR) is 38.5 cm³/mol. The summed E-state index contributed by atoms with van der Waals surface area (Å²) >= 11 is 0. The molecule has 1 heterocycles. The maximum absolute atomic E-state index is 9.96. The molecule has 1 fully saturated rings. The van der Waals surface area contributed by atoms with Gasteiger partial charge in [-0.15, -0.1) is 0 Å². The van der Waals surface area contributed by atoms with Crippen molar-refractivity contribution in [1.29, 1.82) is 0 Å². The molecule has 0 amide bonds. The predicted octanol–water partition coefficient (Wildman–Crippen LogP) is 1.88. The minimum absolute atomic E-state index is 0.876. The van der Waals surface area contributed by atoms with E-state index in [1.165, 1.54) is 5.75 Å². The summed E-state index contributed by atoms with van der Waals surface area (Å²) in [6.45, 7) is 0. The van der Waals surface area contributed by atoms with E-state index in [-0.39, 0.29) is 0 Å². The van der Waals surface area contributed by atoms with Crippen molar-refractivity contribution >= 4 is 27.5 Å². The van der Waals surface area contributed by atoms with Gasteiger partial charge >= 0.3 is 0 Å². The van der Waals surface area contributed by atoms with Crippen LogP contribution in [0.15, 0.2) is 4.91 Å². The van der Waals surface area contributed by atoms with Gasteiger partial charge in [0, 0.05) is 5.75 Å². The van der Waals surface area contributed by atoms with Gasteiger partial charge in [-0.25, -0.2) is 4.79 Å². The average Bonchev–Trinajstić information content (AvgIpc) is 1.90. The van der Waals surface area contributed by atoms with Crippen molar-refractivity contribution in [2.45, 2.75) is 12.8 Å². The molecule has 44 valence electrons. The Bertz CT molecular complexity index is 118. The van der Waals surface area contributed by atoms with Crippen LogP contribution in [-0.4, -0.2) is 11.7 Å². The molecule has 8 heavy (non-hydrogen) atoms. The number of hydrogen-bond acceptors (Lipinski definition) is 3. The first-order valence-corrected chi connectivity index (χ1v) is 4.79. The molecule has 1 aliphatic rings. The van der Waals surface area contributed by atoms with E-state index in [1.807, 2.05) is 5.94 Å². The molecule has 0 aliphatic carbocycles. The van der Waals surface area contributed by atoms with Gasteiger partial charge < -0.3 is 0 Å². The van der Waals surface area contributed by atoms with E-state index < -0.39 is 0 Å². The quantitative estimate of drug-likeness (QED) is 0.383. The fourth-order valence-corrected chi connectivity index (χ4v) is 2.65. The second kappa shape index (κ2) is 3.23. The Labute approximate surface area is 56.3 Å². The van der Waals surface area contributed by atoms with Crippen LogP contribution >= 0.6 is 21.6 Å². The third-order valence-electron chi connectivity index (χ3n) is 0.905. The maximum atomic E-state index is 9.96. The van der Waals surface area contributed by atoms with Crippen molar-refractivity contribution in [1.82, 2.24) is 0 Å². The van der Waals surface area contributed by atoms with Crippen LogP contribution in [0.2, 0.25) is 0 Å². The Kier molecular flexibility index (Phi) is 2.53. The summed E-state index contributed by atoms with van der Waals surface area (Å²) in [7, 11) is 3.32. The van der Waals surface area contributed by atoms with Gasteiger partial charge in [0.05, 0.1) is 4.91 Å². The van der Waals surface area contributed by atoms with Gasteiger partial charge in [0.25, 0.3) is 0 Å². The smallest absolute Gasteiger partial charge is 0.135 e. The summed E-state index contributed by atoms with van der Waals surface area (Å²) in [5.74, 6) is 3.09. The molecular formula is C5H6OS2. The Morgan fingerprint density at radius 3 is 2.88 bits per heavy atom. The van der Waals surface area contributed by atoms with Crippen LogP contribution in [0, 0.1) is 0 Å². The summed E-state index contributed by atoms with van der Waals surface area (Å²) in [6, 6.07) is 0. The van der Waals surface area contributed by atoms with E-state index in [2.05, 4.69) is 0 Å². The number of rotatable bonds is 0. The van der Waals surface area contributed by atoms with Crippen LogP contribution in [0.4, 0.5) is 0 Å². The highest BCUT2D eigenvalue weighted by molar-refractivity contribution is 8.78. The highest BCUT2D eigenvalue weighted by Gasteiger charge is 2.05. The van der Waals surface area contributed by atoms with Crippen molar-refractivity contribution in [3.05, 3.63) is 4.91 Å². The van der Waals surface area contributed by atoms with Crippen LogP contribution in [0.25, 0.3) is 0 Å². The zero-order chi connectivity index (χ0) is 5.82. The monoisotopic (exact) mass is 146 g/mol. The van der Waals surface area contributed by atoms with Crippen LogP contribution < -0.4 is 0 Å². The van der Waals surface area contributed by atoms with Gasteiger partial charge in [-0.3, -0.25) is 0 Å². The summed E-state index contributed by atoms with van der Waals surface area (Å²) in [4.78, 5) is 10.8. The first-order chi connectivity index (χ1) is 3.93. The van der Waals surface area contributed by atoms with E-state index in [0.29, 0.717) is 0 Å². The minimum atomic E-state index is 0.876. The van der Waals surface area contributed by atoms with Crippen molar-refractivity contribution in [3.63, 3.8) is 0 Å². The molecule has 0 atom stereocenters. The Hall–Kier alpha value is 0.150. The molecule has 1 nitrogen and oxygen atoms in total. The second-order valence-corrected chi connectivity index (χ2v) is 4.04. The molecule has 0 saturated carbocycles. The van der Waals surface area contributed by atoms with Crippen molar-refractivity contribution in [2.75, 3.05) is 5.75 Å². The van der Waals surface area contributed by atoms with E-state index in [9.17, 15) is 4.79 Å². The van der Waals surface area contributed by atoms with Crippen molar-refractivity contribution in [2.24, 2.45) is 0 Å². The highest BCUT2D eigenvalue weighted by Crippen LogP contribution is 2.36. The molecular weight excluding hydrogens is 140 g/mol. The van der Waals surface area contributed by atoms with Gasteiger partial charge in [0.2, 0.25) is 0 Å². The Balaban J connectivity index is 2.45. The molecule has 0 bridgehead atoms. The first kappa shape index (κ1) is 6.27. The maximum Gasteiger partial charge on any atom is 0.135 e. The summed E-state index contributed by atoms with van der Waals surface area (Å²) < 4.78 is 0. The van der Waals surface area contributed by atoms with E-state index >= 15 is 0 Å². The minimum Gasteiger partial charge on any atom is -0.233 e. The third-order valence-corrected chi connectivity index (χ3v) is 3.42. The van der Waals surface area contributed by atoms with Crippen molar-refractivity contribution < 1.29 is 4.79 Å². The summed E-state index contributed by atoms with van der Waals surface area (Å²) in [5.41, 5.74) is 0. The normalized spacial score (nSPS) is 20.2. The molecule has 0 N–H and O–H groups in total. The molecule has 0 spiro atoms. The van der Waals surface area contributed by atoms with Crippen LogP contribution in [0.3, 0.4) is 0 Å². The molecule has 1 rings (SSSR count). The molecule has 3 heteroatoms. The van der Waals surface area contributed by atoms with Gasteiger partial charge in [-0.2, -0.15) is 0 Å². The van der Waals surface area contributed by atoms with Gasteiger partial charge in [-0.05, 0) is 12.8 Å². The largest absolute Gasteiger partial charge is 0.233 e. The average molecular weight is 146 g/mol. The van der Waals surface area contributed by atoms with E-state index in [1.54, 1.807) is 21.6 Å². The van der Waals surface area contributed by atoms with Crippen LogP contribution in [0.1, 0.15) is 12.8 Å². The molecule has 0 aromatic heterocycles. The molecule has 0 unspecified atom stereocenters. The molecule has 0 radical (unpaired) electrons. The lowest BCUT2D eigenvalue weighted by Crippen LogP contribution is -1.87. The number of hydrogen-bond donors (Lipinski definition) is 0. The lowest BCUT2D eigenvalue weighted by molar-refractivity contribution is 0.567. The van der Waals surface area contributed by atoms with Gasteiger partial charge in [0.15, 0.2) is 0 Å². The standard InChI is InChI=1S/C5H6OS2/c6-4-5-2-1-3-7-8-5/h1-3H2. The third kappa shape index (κ3) is 1.58. The van der Waals surface area contributed by atoms with E-state index in [4.69, 9.17) is 0 Å². The molecule has 0 aromatic carbocycles. The zero-order valence-electron chi connectivity index (χ0n) is 4.35. The highest BCUT2D eigenvalue weighted by atomic mass is 33.1. The summed E-state index contributed by atoms with van der Waals surface area (Å²) in [5, 5.41) is 0. The molecule has 1 saturated heterocycles. The summed E-state index contributed by atoms with van der Waals surface area (Å²) in [6.07, 6.45) is 2.09. The first-order valence-electron chi connectivity index (χ1n) is 2.47. The van der Waals surface area contributed by atoms with E-state index in [0.717, 1.165) is 17.7 Å². The molecule has 1 aliphatic heterocycles. The van der Waals surface area contributed by atoms with Crippen LogP contribution in [-0.2, 0) is 4.79 Å². The fraction of sp³-hybridized carbons (Fsp3) is 0.600. The lowest BCUT2D eigenvalue weighted by Gasteiger charge is -2.06. The second-order valence-electron chi connectivity index (χ2n) is 1.53. The zero-order valence-corrected chi connectivity index (χ0v) is 5.98. The fourth-order valence-electron chi connectivity index (χ4n) is 0.514. The Morgan fingerprint density at radius 1 is 1.62 bits per heavy atom. The number of carbonyl (C=O) groups excluding carboxylic acids is 1. The lowest BCUT2D eigenvalue weighted by atomic mass is 10.3. The SMILES string of the molecule is O=C=C1CCCSS1. The number of allylic oxidation sites excluding steroid dienone is 1.